The molecule has 1 heterocycles. The van der Waals surface area contributed by atoms with E-state index in [4.69, 9.17) is 4.74 Å². The second kappa shape index (κ2) is 7.66. The Kier molecular flexibility index (Phi) is 5.12. The molecule has 3 rings (SSSR count). The summed E-state index contributed by atoms with van der Waals surface area (Å²) in [5.74, 6) is -2.44. The fourth-order valence-electron chi connectivity index (χ4n) is 2.55. The lowest BCUT2D eigenvalue weighted by Gasteiger charge is -2.28. The molecule has 0 aromatic heterocycles. The second-order valence-electron chi connectivity index (χ2n) is 5.70. The molecule has 10 heteroatoms. The van der Waals surface area contributed by atoms with Crippen molar-refractivity contribution in [1.82, 2.24) is 5.32 Å². The highest BCUT2D eigenvalue weighted by molar-refractivity contribution is 6.32. The van der Waals surface area contributed by atoms with Crippen molar-refractivity contribution in [3.05, 3.63) is 58.6 Å². The van der Waals surface area contributed by atoms with Gasteiger partial charge < -0.3 is 4.74 Å². The van der Waals surface area contributed by atoms with Crippen LogP contribution in [0.15, 0.2) is 53.5 Å². The highest BCUT2D eigenvalue weighted by Gasteiger charge is 2.40. The molecule has 0 bridgehead atoms. The van der Waals surface area contributed by atoms with Crippen LogP contribution in [-0.4, -0.2) is 36.1 Å². The van der Waals surface area contributed by atoms with E-state index in [2.05, 4.69) is 10.3 Å². The average Bonchev–Trinajstić information content (AvgIpc) is 2.68. The van der Waals surface area contributed by atoms with Crippen LogP contribution in [0.3, 0.4) is 0 Å². The van der Waals surface area contributed by atoms with Gasteiger partial charge in [-0.05, 0) is 30.3 Å². The van der Waals surface area contributed by atoms with Crippen LogP contribution in [-0.2, 0) is 9.59 Å². The van der Waals surface area contributed by atoms with Crippen LogP contribution in [0.25, 0.3) is 0 Å². The van der Waals surface area contributed by atoms with E-state index >= 15 is 0 Å². The molecule has 0 aliphatic carbocycles. The number of urea groups is 1. The number of hydrogen-bond donors (Lipinski definition) is 1. The molecule has 1 N–H and O–H groups in total. The molecule has 1 fully saturated rings. The molecule has 10 nitrogen and oxygen atoms in total. The van der Waals surface area contributed by atoms with Gasteiger partial charge in [-0.1, -0.05) is 6.07 Å². The van der Waals surface area contributed by atoms with Gasteiger partial charge in [0.25, 0.3) is 11.6 Å². The van der Waals surface area contributed by atoms with Crippen molar-refractivity contribution in [3.63, 3.8) is 0 Å². The van der Waals surface area contributed by atoms with Gasteiger partial charge in [0.1, 0.15) is 5.75 Å². The van der Waals surface area contributed by atoms with Crippen LogP contribution >= 0.6 is 0 Å². The third-order valence-corrected chi connectivity index (χ3v) is 3.95. The topological polar surface area (TPSA) is 131 Å². The molecule has 1 aliphatic heterocycles. The van der Waals surface area contributed by atoms with E-state index in [1.807, 2.05) is 0 Å². The van der Waals surface area contributed by atoms with Gasteiger partial charge in [0.15, 0.2) is 5.92 Å². The van der Waals surface area contributed by atoms with E-state index < -0.39 is 28.7 Å². The summed E-state index contributed by atoms with van der Waals surface area (Å²) in [7, 11) is 1.48. The van der Waals surface area contributed by atoms with Crippen LogP contribution in [0.1, 0.15) is 0 Å². The lowest BCUT2D eigenvalue weighted by Crippen LogP contribution is -2.58. The number of nitro groups is 1. The Bertz CT molecular complexity index is 986. The lowest BCUT2D eigenvalue weighted by atomic mass is 10.1. The summed E-state index contributed by atoms with van der Waals surface area (Å²) in [5.41, 5.74) is 0.274. The molecule has 2 aromatic carbocycles. The van der Waals surface area contributed by atoms with Crippen LogP contribution in [0.4, 0.5) is 21.9 Å². The number of aliphatic imine (C=N–C) groups is 1. The lowest BCUT2D eigenvalue weighted by molar-refractivity contribution is -0.384. The van der Waals surface area contributed by atoms with Gasteiger partial charge in [0, 0.05) is 18.3 Å². The van der Waals surface area contributed by atoms with Gasteiger partial charge >= 0.3 is 6.03 Å². The zero-order valence-corrected chi connectivity index (χ0v) is 14.6. The Balaban J connectivity index is 1.87. The average molecular weight is 382 g/mol. The van der Waals surface area contributed by atoms with Crippen LogP contribution in [0, 0.1) is 16.0 Å². The summed E-state index contributed by atoms with van der Waals surface area (Å²) < 4.78 is 5.04. The Hall–Kier alpha value is -4.08. The molecule has 0 unspecified atom stereocenters. The predicted molar refractivity (Wildman–Crippen MR) is 98.8 cm³/mol. The zero-order chi connectivity index (χ0) is 20.3. The van der Waals surface area contributed by atoms with E-state index in [1.54, 1.807) is 12.1 Å². The van der Waals surface area contributed by atoms with Crippen molar-refractivity contribution < 1.29 is 24.0 Å². The minimum absolute atomic E-state index is 0.177. The number of amides is 4. The SMILES string of the molecule is COc1ccc(N2C(=O)NC(=O)[C@@H](C=Nc3cccc([N+](=O)[O-])c3)C2=O)cc1. The van der Waals surface area contributed by atoms with Gasteiger partial charge in [-0.2, -0.15) is 0 Å². The number of nitro benzene ring substituents is 1. The normalized spacial score (nSPS) is 17.0. The molecule has 142 valence electrons. The second-order valence-corrected chi connectivity index (χ2v) is 5.70. The first-order valence-electron chi connectivity index (χ1n) is 8.02. The highest BCUT2D eigenvalue weighted by atomic mass is 16.6. The molecule has 1 saturated heterocycles. The number of carbonyl (C=O) groups excluding carboxylic acids is 3. The molecule has 0 saturated carbocycles. The van der Waals surface area contributed by atoms with Crippen molar-refractivity contribution >= 4 is 41.1 Å². The smallest absolute Gasteiger partial charge is 0.335 e. The van der Waals surface area contributed by atoms with E-state index in [9.17, 15) is 24.5 Å². The number of imide groups is 2. The summed E-state index contributed by atoms with van der Waals surface area (Å²) in [6.45, 7) is 0. The summed E-state index contributed by atoms with van der Waals surface area (Å²) in [5, 5.41) is 12.9. The fourth-order valence-corrected chi connectivity index (χ4v) is 2.55. The molecule has 0 radical (unpaired) electrons. The minimum Gasteiger partial charge on any atom is -0.497 e. The number of non-ortho nitro benzene ring substituents is 1. The first-order chi connectivity index (χ1) is 13.4. The first-order valence-corrected chi connectivity index (χ1v) is 8.02. The van der Waals surface area contributed by atoms with Gasteiger partial charge in [0.05, 0.1) is 23.4 Å². The number of carbonyl (C=O) groups is 3. The van der Waals surface area contributed by atoms with Crippen molar-refractivity contribution in [2.45, 2.75) is 0 Å². The summed E-state index contributed by atoms with van der Waals surface area (Å²) in [6, 6.07) is 10.7. The molecular formula is C18H14N4O6. The predicted octanol–water partition coefficient (Wildman–Crippen LogP) is 2.20. The molecule has 28 heavy (non-hydrogen) atoms. The van der Waals surface area contributed by atoms with Crippen molar-refractivity contribution in [3.8, 4) is 5.75 Å². The Morgan fingerprint density at radius 3 is 2.54 bits per heavy atom. The molecule has 2 aromatic rings. The Morgan fingerprint density at radius 1 is 1.18 bits per heavy atom. The van der Waals surface area contributed by atoms with E-state index in [1.165, 1.54) is 43.5 Å². The van der Waals surface area contributed by atoms with Crippen molar-refractivity contribution in [1.29, 1.82) is 0 Å². The van der Waals surface area contributed by atoms with Crippen LogP contribution in [0.2, 0.25) is 0 Å². The summed E-state index contributed by atoms with van der Waals surface area (Å²) in [4.78, 5) is 52.0. The highest BCUT2D eigenvalue weighted by Crippen LogP contribution is 2.24. The van der Waals surface area contributed by atoms with Crippen LogP contribution in [0.5, 0.6) is 5.75 Å². The van der Waals surface area contributed by atoms with E-state index in [0.717, 1.165) is 11.1 Å². The van der Waals surface area contributed by atoms with Crippen molar-refractivity contribution in [2.24, 2.45) is 10.9 Å². The number of nitrogens with one attached hydrogen (secondary N) is 1. The van der Waals surface area contributed by atoms with Gasteiger partial charge in [-0.25, -0.2) is 9.69 Å². The zero-order valence-electron chi connectivity index (χ0n) is 14.6. The quantitative estimate of drug-likeness (QED) is 0.365. The van der Waals surface area contributed by atoms with Gasteiger partial charge in [0.2, 0.25) is 5.91 Å². The maximum absolute atomic E-state index is 12.7. The van der Waals surface area contributed by atoms with E-state index in [-0.39, 0.29) is 17.1 Å². The van der Waals surface area contributed by atoms with Crippen LogP contribution < -0.4 is 15.0 Å². The number of ether oxygens (including phenoxy) is 1. The number of nitrogens with zero attached hydrogens (tertiary/aromatic N) is 3. The summed E-state index contributed by atoms with van der Waals surface area (Å²) in [6.07, 6.45) is 1.06. The summed E-state index contributed by atoms with van der Waals surface area (Å²) >= 11 is 0. The Labute approximate surface area is 158 Å². The third kappa shape index (κ3) is 3.70. The Morgan fingerprint density at radius 2 is 1.89 bits per heavy atom. The third-order valence-electron chi connectivity index (χ3n) is 3.95. The van der Waals surface area contributed by atoms with E-state index in [0.29, 0.717) is 5.75 Å². The number of rotatable bonds is 5. The van der Waals surface area contributed by atoms with Crippen molar-refractivity contribution in [2.75, 3.05) is 12.0 Å². The number of hydrogen-bond acceptors (Lipinski definition) is 7. The van der Waals surface area contributed by atoms with Gasteiger partial charge in [-0.3, -0.25) is 30.0 Å². The maximum Gasteiger partial charge on any atom is 0.335 e. The molecule has 1 atom stereocenters. The first kappa shape index (κ1) is 18.7. The minimum atomic E-state index is -1.36. The molecular weight excluding hydrogens is 368 g/mol. The number of barbiturate groups is 1. The largest absolute Gasteiger partial charge is 0.497 e. The number of methoxy groups -OCH3 is 1. The molecule has 1 aliphatic rings. The molecule has 4 amide bonds. The fraction of sp³-hybridized carbons (Fsp3) is 0.111. The number of anilines is 1. The monoisotopic (exact) mass is 382 g/mol. The molecule has 0 spiro atoms. The maximum atomic E-state index is 12.7. The number of benzene rings is 2. The standard InChI is InChI=1S/C18H14N4O6/c1-28-14-7-5-12(6-8-14)21-17(24)15(16(23)20-18(21)25)10-19-11-3-2-4-13(9-11)22(26)27/h2-10,15H,1H3,(H,20,23,25)/t15-/m1/s1. The van der Waals surface area contributed by atoms with Gasteiger partial charge in [-0.15, -0.1) is 0 Å².